The van der Waals surface area contributed by atoms with E-state index in [0.717, 1.165) is 0 Å². The quantitative estimate of drug-likeness (QED) is 0.506. The monoisotopic (exact) mass is 346 g/mol. The summed E-state index contributed by atoms with van der Waals surface area (Å²) in [7, 11) is 0. The Morgan fingerprint density at radius 3 is 1.67 bits per heavy atom. The first-order valence-electron chi connectivity index (χ1n) is 7.42. The zero-order valence-corrected chi connectivity index (χ0v) is 14.3. The van der Waals surface area contributed by atoms with E-state index in [4.69, 9.17) is 23.7 Å². The van der Waals surface area contributed by atoms with Crippen LogP contribution in [0.15, 0.2) is 0 Å². The van der Waals surface area contributed by atoms with Crippen LogP contribution in [0.3, 0.4) is 0 Å². The molecule has 136 valence electrons. The molecule has 0 aromatic rings. The van der Waals surface area contributed by atoms with Crippen LogP contribution in [0, 0.1) is 0 Å². The van der Waals surface area contributed by atoms with Gasteiger partial charge in [0.15, 0.2) is 18.3 Å². The van der Waals surface area contributed by atoms with Crippen molar-refractivity contribution in [1.29, 1.82) is 0 Å². The molecule has 0 amide bonds. The van der Waals surface area contributed by atoms with Crippen LogP contribution in [-0.4, -0.2) is 61.0 Å². The predicted octanol–water partition coefficient (Wildman–Crippen LogP) is 0.132. The highest BCUT2D eigenvalue weighted by Gasteiger charge is 2.50. The Morgan fingerprint density at radius 2 is 1.21 bits per heavy atom. The number of hydrogen-bond donors (Lipinski definition) is 0. The Kier molecular flexibility index (Phi) is 7.15. The zero-order valence-electron chi connectivity index (χ0n) is 14.3. The van der Waals surface area contributed by atoms with Crippen molar-refractivity contribution in [3.8, 4) is 0 Å². The van der Waals surface area contributed by atoms with Crippen LogP contribution in [0.25, 0.3) is 0 Å². The van der Waals surface area contributed by atoms with Gasteiger partial charge in [-0.2, -0.15) is 0 Å². The van der Waals surface area contributed by atoms with Gasteiger partial charge in [-0.25, -0.2) is 0 Å². The maximum atomic E-state index is 11.4. The van der Waals surface area contributed by atoms with Crippen molar-refractivity contribution in [2.24, 2.45) is 0 Å². The molecule has 1 heterocycles. The molecule has 0 spiro atoms. The van der Waals surface area contributed by atoms with Gasteiger partial charge >= 0.3 is 23.9 Å². The second-order valence-electron chi connectivity index (χ2n) is 5.40. The third kappa shape index (κ3) is 5.80. The van der Waals surface area contributed by atoms with E-state index in [-0.39, 0.29) is 6.61 Å². The first-order valence-corrected chi connectivity index (χ1v) is 7.42. The van der Waals surface area contributed by atoms with Gasteiger partial charge in [0, 0.05) is 27.7 Å². The Hall–Kier alpha value is -2.16. The molecular weight excluding hydrogens is 324 g/mol. The maximum absolute atomic E-state index is 11.4. The Labute approximate surface area is 139 Å². The smallest absolute Gasteiger partial charge is 0.303 e. The molecule has 0 aromatic carbocycles. The number of rotatable bonds is 5. The molecule has 0 aromatic heterocycles. The van der Waals surface area contributed by atoms with Crippen LogP contribution in [0.1, 0.15) is 34.6 Å². The minimum absolute atomic E-state index is 0.206. The van der Waals surface area contributed by atoms with Crippen LogP contribution >= 0.6 is 0 Å². The van der Waals surface area contributed by atoms with Gasteiger partial charge < -0.3 is 23.7 Å². The minimum Gasteiger partial charge on any atom is -0.463 e. The van der Waals surface area contributed by atoms with E-state index >= 15 is 0 Å². The van der Waals surface area contributed by atoms with Gasteiger partial charge in [0.1, 0.15) is 12.7 Å². The van der Waals surface area contributed by atoms with Crippen LogP contribution in [0.4, 0.5) is 0 Å². The number of esters is 4. The fraction of sp³-hybridized carbons (Fsp3) is 0.733. The second-order valence-corrected chi connectivity index (χ2v) is 5.40. The van der Waals surface area contributed by atoms with E-state index < -0.39 is 54.4 Å². The van der Waals surface area contributed by atoms with E-state index in [1.807, 2.05) is 0 Å². The number of hydrogen-bond acceptors (Lipinski definition) is 9. The highest BCUT2D eigenvalue weighted by molar-refractivity contribution is 5.68. The maximum Gasteiger partial charge on any atom is 0.303 e. The molecule has 9 nitrogen and oxygen atoms in total. The van der Waals surface area contributed by atoms with Gasteiger partial charge in [0.05, 0.1) is 6.10 Å². The lowest BCUT2D eigenvalue weighted by Crippen LogP contribution is -2.61. The summed E-state index contributed by atoms with van der Waals surface area (Å²) in [6, 6.07) is 0. The highest BCUT2D eigenvalue weighted by Crippen LogP contribution is 2.28. The van der Waals surface area contributed by atoms with E-state index in [2.05, 4.69) is 0 Å². The van der Waals surface area contributed by atoms with Crippen molar-refractivity contribution in [3.05, 3.63) is 0 Å². The average molecular weight is 346 g/mol. The number of ether oxygens (including phenoxy) is 5. The molecule has 1 rings (SSSR count). The summed E-state index contributed by atoms with van der Waals surface area (Å²) < 4.78 is 26.1. The van der Waals surface area contributed by atoms with Crippen molar-refractivity contribution < 1.29 is 42.9 Å². The minimum atomic E-state index is -1.09. The van der Waals surface area contributed by atoms with Crippen molar-refractivity contribution in [2.45, 2.75) is 65.1 Å². The standard InChI is InChI=1S/C15H22O9/c1-7-13(22-9(3)17)15(24-11(5)19)14(23-10(4)18)12(21-7)6-20-8(2)16/h7,12-15H,6H2,1-5H3/t7-,12?,13?,14-,15?/m0/s1. The summed E-state index contributed by atoms with van der Waals surface area (Å²) in [5.41, 5.74) is 0. The highest BCUT2D eigenvalue weighted by atomic mass is 16.7. The fourth-order valence-corrected chi connectivity index (χ4v) is 2.44. The van der Waals surface area contributed by atoms with Crippen LogP contribution in [-0.2, 0) is 42.9 Å². The Bertz CT molecular complexity index is 501. The first kappa shape index (κ1) is 19.9. The molecule has 1 aliphatic heterocycles. The van der Waals surface area contributed by atoms with Gasteiger partial charge in [-0.05, 0) is 6.92 Å². The van der Waals surface area contributed by atoms with E-state index in [1.54, 1.807) is 6.92 Å². The van der Waals surface area contributed by atoms with Gasteiger partial charge in [0.2, 0.25) is 0 Å². The van der Waals surface area contributed by atoms with E-state index in [0.29, 0.717) is 0 Å². The molecule has 1 fully saturated rings. The van der Waals surface area contributed by atoms with Crippen molar-refractivity contribution in [2.75, 3.05) is 6.61 Å². The topological polar surface area (TPSA) is 114 Å². The van der Waals surface area contributed by atoms with Crippen molar-refractivity contribution in [1.82, 2.24) is 0 Å². The SMILES string of the molecule is CC(=O)OCC1O[C@@H](C)C(OC(C)=O)C(OC(C)=O)[C@H]1OC(C)=O. The van der Waals surface area contributed by atoms with Crippen LogP contribution < -0.4 is 0 Å². The normalized spacial score (nSPS) is 29.3. The van der Waals surface area contributed by atoms with Gasteiger partial charge in [-0.3, -0.25) is 19.2 Å². The van der Waals surface area contributed by atoms with Crippen molar-refractivity contribution in [3.63, 3.8) is 0 Å². The summed E-state index contributed by atoms with van der Waals surface area (Å²) in [5, 5.41) is 0. The third-order valence-corrected chi connectivity index (χ3v) is 3.22. The Morgan fingerprint density at radius 1 is 0.750 bits per heavy atom. The molecular formula is C15H22O9. The molecule has 1 aliphatic rings. The van der Waals surface area contributed by atoms with E-state index in [1.165, 1.54) is 27.7 Å². The fourth-order valence-electron chi connectivity index (χ4n) is 2.44. The predicted molar refractivity (Wildman–Crippen MR) is 77.6 cm³/mol. The van der Waals surface area contributed by atoms with Gasteiger partial charge in [-0.15, -0.1) is 0 Å². The second kappa shape index (κ2) is 8.62. The molecule has 0 aliphatic carbocycles. The van der Waals surface area contributed by atoms with Crippen LogP contribution in [0.2, 0.25) is 0 Å². The summed E-state index contributed by atoms with van der Waals surface area (Å²) in [4.78, 5) is 45.2. The summed E-state index contributed by atoms with van der Waals surface area (Å²) in [6.07, 6.45) is -4.69. The largest absolute Gasteiger partial charge is 0.463 e. The Balaban J connectivity index is 3.11. The summed E-state index contributed by atoms with van der Waals surface area (Å²) in [5.74, 6) is -2.44. The lowest BCUT2D eigenvalue weighted by molar-refractivity contribution is -0.249. The van der Waals surface area contributed by atoms with Crippen LogP contribution in [0.5, 0.6) is 0 Å². The molecule has 0 N–H and O–H groups in total. The number of carbonyl (C=O) groups is 4. The molecule has 1 saturated heterocycles. The molecule has 5 atom stereocenters. The van der Waals surface area contributed by atoms with Crippen molar-refractivity contribution >= 4 is 23.9 Å². The molecule has 9 heteroatoms. The third-order valence-electron chi connectivity index (χ3n) is 3.22. The molecule has 24 heavy (non-hydrogen) atoms. The average Bonchev–Trinajstić information content (AvgIpc) is 2.42. The van der Waals surface area contributed by atoms with Gasteiger partial charge in [0.25, 0.3) is 0 Å². The van der Waals surface area contributed by atoms with E-state index in [9.17, 15) is 19.2 Å². The first-order chi connectivity index (χ1) is 11.1. The summed E-state index contributed by atoms with van der Waals surface area (Å²) >= 11 is 0. The molecule has 0 bridgehead atoms. The zero-order chi connectivity index (χ0) is 18.4. The molecule has 0 radical (unpaired) electrons. The molecule has 0 saturated carbocycles. The van der Waals surface area contributed by atoms with Gasteiger partial charge in [-0.1, -0.05) is 0 Å². The molecule has 3 unspecified atom stereocenters. The summed E-state index contributed by atoms with van der Waals surface area (Å²) in [6.45, 7) is 6.17. The number of carbonyl (C=O) groups excluding carboxylic acids is 4. The lowest BCUT2D eigenvalue weighted by atomic mass is 9.95. The lowest BCUT2D eigenvalue weighted by Gasteiger charge is -2.43.